The largest absolute Gasteiger partial charge is 0.233 e. The maximum absolute atomic E-state index is 10.9. The zero-order valence-electron chi connectivity index (χ0n) is 14.5. The van der Waals surface area contributed by atoms with Crippen molar-refractivity contribution in [3.05, 3.63) is 28.3 Å². The molecule has 23 heavy (non-hydrogen) atoms. The third kappa shape index (κ3) is 5.14. The van der Waals surface area contributed by atoms with Gasteiger partial charge >= 0.3 is 0 Å². The molecule has 0 amide bonds. The van der Waals surface area contributed by atoms with E-state index < -0.39 is 0 Å². The van der Waals surface area contributed by atoms with Gasteiger partial charge in [0, 0.05) is 6.42 Å². The highest BCUT2D eigenvalue weighted by atomic mass is 16.1. The minimum Gasteiger partial charge on any atom is -0.233 e. The fraction of sp³-hybridized carbons (Fsp3) is 0.600. The number of rotatable bonds is 10. The molecule has 0 atom stereocenters. The van der Waals surface area contributed by atoms with E-state index in [1.807, 2.05) is 18.9 Å². The summed E-state index contributed by atoms with van der Waals surface area (Å²) in [4.78, 5) is 20.0. The van der Waals surface area contributed by atoms with Gasteiger partial charge in [-0.15, -0.1) is 0 Å². The zero-order chi connectivity index (χ0) is 16.5. The van der Waals surface area contributed by atoms with E-state index >= 15 is 0 Å². The Kier molecular flexibility index (Phi) is 7.22. The molecular formula is C20H28N2O. The van der Waals surface area contributed by atoms with Gasteiger partial charge in [-0.3, -0.25) is 0 Å². The molecule has 0 saturated heterocycles. The summed E-state index contributed by atoms with van der Waals surface area (Å²) in [6.45, 7) is 4.17. The zero-order valence-corrected chi connectivity index (χ0v) is 14.5. The molecule has 0 aromatic heterocycles. The van der Waals surface area contributed by atoms with Crippen LogP contribution in [0, 0.1) is 6.92 Å². The van der Waals surface area contributed by atoms with Crippen LogP contribution in [-0.4, -0.2) is 11.8 Å². The smallest absolute Gasteiger partial charge is 0.132 e. The Bertz CT molecular complexity index is 684. The molecule has 1 aliphatic rings. The second-order valence-electron chi connectivity index (χ2n) is 6.43. The molecule has 0 spiro atoms. The number of carbonyl (C=O) groups excluding carboxylic acids is 1. The lowest BCUT2D eigenvalue weighted by Gasteiger charge is -2.01. The molecule has 124 valence electrons. The van der Waals surface area contributed by atoms with E-state index in [1.54, 1.807) is 6.07 Å². The van der Waals surface area contributed by atoms with E-state index in [2.05, 4.69) is 16.9 Å². The van der Waals surface area contributed by atoms with Crippen molar-refractivity contribution in [3.63, 3.8) is 0 Å². The maximum Gasteiger partial charge on any atom is 0.132 e. The minimum atomic E-state index is 0.590. The quantitative estimate of drug-likeness (QED) is 0.600. The average Bonchev–Trinajstić information content (AvgIpc) is 2.98. The molecule has 0 aliphatic carbocycles. The maximum atomic E-state index is 10.9. The molecule has 0 fully saturated rings. The molecule has 2 rings (SSSR count). The van der Waals surface area contributed by atoms with Crippen LogP contribution < -0.4 is 10.6 Å². The first kappa shape index (κ1) is 17.6. The number of benzene rings is 1. The van der Waals surface area contributed by atoms with Crippen LogP contribution in [0.3, 0.4) is 0 Å². The van der Waals surface area contributed by atoms with Gasteiger partial charge < -0.3 is 0 Å². The Balaban J connectivity index is 1.70. The van der Waals surface area contributed by atoms with Crippen molar-refractivity contribution in [2.24, 2.45) is 9.98 Å². The molecule has 0 N–H and O–H groups in total. The number of amidine groups is 1. The summed E-state index contributed by atoms with van der Waals surface area (Å²) in [5.41, 5.74) is 1.75. The van der Waals surface area contributed by atoms with Gasteiger partial charge in [0.25, 0.3) is 0 Å². The fourth-order valence-corrected chi connectivity index (χ4v) is 3.03. The average molecular weight is 312 g/mol. The van der Waals surface area contributed by atoms with Gasteiger partial charge in [-0.1, -0.05) is 58.3 Å². The van der Waals surface area contributed by atoms with Crippen molar-refractivity contribution in [1.82, 2.24) is 0 Å². The Hall–Kier alpha value is -1.73. The Morgan fingerprint density at radius 3 is 2.22 bits per heavy atom. The van der Waals surface area contributed by atoms with E-state index in [4.69, 9.17) is 0 Å². The summed E-state index contributed by atoms with van der Waals surface area (Å²) < 4.78 is 0. The van der Waals surface area contributed by atoms with E-state index in [1.165, 1.54) is 51.4 Å². The van der Waals surface area contributed by atoms with Crippen LogP contribution in [0.1, 0.15) is 76.7 Å². The number of hydrogen-bond donors (Lipinski definition) is 0. The van der Waals surface area contributed by atoms with Crippen molar-refractivity contribution in [1.29, 1.82) is 0 Å². The van der Waals surface area contributed by atoms with Gasteiger partial charge in [0.1, 0.15) is 11.8 Å². The lowest BCUT2D eigenvalue weighted by atomic mass is 10.1. The predicted molar refractivity (Wildman–Crippen MR) is 95.7 cm³/mol. The lowest BCUT2D eigenvalue weighted by Crippen LogP contribution is -2.13. The molecule has 1 aliphatic heterocycles. The normalized spacial score (nSPS) is 12.5. The number of unbranched alkanes of at least 4 members (excludes halogenated alkanes) is 8. The van der Waals surface area contributed by atoms with Crippen LogP contribution in [0.25, 0.3) is 0 Å². The third-order valence-corrected chi connectivity index (χ3v) is 4.51. The summed E-state index contributed by atoms with van der Waals surface area (Å²) in [5, 5.41) is 1.49. The molecule has 0 bridgehead atoms. The summed E-state index contributed by atoms with van der Waals surface area (Å²) in [6.07, 6.45) is 12.9. The molecule has 1 aromatic rings. The number of aliphatic imine (C=N–C) groups is 1. The molecule has 3 nitrogen and oxygen atoms in total. The first-order valence-electron chi connectivity index (χ1n) is 9.07. The highest BCUT2D eigenvalue weighted by molar-refractivity contribution is 5.89. The predicted octanol–water partition coefficient (Wildman–Crippen LogP) is 4.08. The summed E-state index contributed by atoms with van der Waals surface area (Å²) in [6, 6.07) is 3.65. The molecular weight excluding hydrogens is 284 g/mol. The highest BCUT2D eigenvalue weighted by Gasteiger charge is 2.11. The molecule has 0 saturated carbocycles. The van der Waals surface area contributed by atoms with Crippen LogP contribution >= 0.6 is 0 Å². The van der Waals surface area contributed by atoms with Crippen LogP contribution in [0.5, 0.6) is 0 Å². The molecule has 0 unspecified atom stereocenters. The van der Waals surface area contributed by atoms with Crippen molar-refractivity contribution < 1.29 is 4.79 Å². The monoisotopic (exact) mass is 312 g/mol. The second kappa shape index (κ2) is 9.42. The van der Waals surface area contributed by atoms with E-state index in [0.29, 0.717) is 5.22 Å². The van der Waals surface area contributed by atoms with Crippen molar-refractivity contribution in [2.75, 3.05) is 0 Å². The van der Waals surface area contributed by atoms with Crippen molar-refractivity contribution >= 4 is 17.5 Å². The summed E-state index contributed by atoms with van der Waals surface area (Å²) in [7, 11) is 0. The van der Waals surface area contributed by atoms with Crippen molar-refractivity contribution in [2.45, 2.75) is 78.1 Å². The minimum absolute atomic E-state index is 0.590. The SMILES string of the molecule is CCCCCCCCCCCC1=Nc2c(C)c(=C=O)ccc2=N1. The van der Waals surface area contributed by atoms with E-state index in [9.17, 15) is 4.79 Å². The molecule has 1 heterocycles. The number of fused-ring (bicyclic) bond motifs is 1. The van der Waals surface area contributed by atoms with Gasteiger partial charge in [-0.2, -0.15) is 0 Å². The highest BCUT2D eigenvalue weighted by Crippen LogP contribution is 2.17. The Morgan fingerprint density at radius 1 is 0.913 bits per heavy atom. The number of hydrogen-bond acceptors (Lipinski definition) is 3. The Morgan fingerprint density at radius 2 is 1.57 bits per heavy atom. The Labute approximate surface area is 139 Å². The number of nitrogens with zero attached hydrogens (tertiary/aromatic N) is 2. The standard InChI is InChI=1S/C20H28N2O/c1-3-4-5-6-7-8-9-10-11-12-19-21-18-14-13-17(15-23)16(2)20(18)22-19/h13-14H,3-12H2,1-2H3. The topological polar surface area (TPSA) is 41.8 Å². The van der Waals surface area contributed by atoms with Crippen LogP contribution in [0.4, 0.5) is 5.69 Å². The van der Waals surface area contributed by atoms with E-state index in [0.717, 1.165) is 35.3 Å². The van der Waals surface area contributed by atoms with E-state index in [-0.39, 0.29) is 0 Å². The van der Waals surface area contributed by atoms with Gasteiger partial charge in [-0.25, -0.2) is 14.8 Å². The van der Waals surface area contributed by atoms with Crippen molar-refractivity contribution in [3.8, 4) is 0 Å². The van der Waals surface area contributed by atoms with Gasteiger partial charge in [0.05, 0.1) is 16.3 Å². The molecule has 1 aromatic carbocycles. The molecule has 3 heteroatoms. The van der Waals surface area contributed by atoms with Gasteiger partial charge in [0.15, 0.2) is 0 Å². The van der Waals surface area contributed by atoms with Crippen LogP contribution in [-0.2, 0) is 4.79 Å². The second-order valence-corrected chi connectivity index (χ2v) is 6.43. The first-order valence-corrected chi connectivity index (χ1v) is 9.07. The van der Waals surface area contributed by atoms with Crippen LogP contribution in [0.2, 0.25) is 0 Å². The third-order valence-electron chi connectivity index (χ3n) is 4.51. The lowest BCUT2D eigenvalue weighted by molar-refractivity contribution is 0.567. The van der Waals surface area contributed by atoms with Gasteiger partial charge in [-0.05, 0) is 31.0 Å². The fourth-order valence-electron chi connectivity index (χ4n) is 3.03. The summed E-state index contributed by atoms with van der Waals surface area (Å²) >= 11 is 0. The van der Waals surface area contributed by atoms with Gasteiger partial charge in [0.2, 0.25) is 0 Å². The van der Waals surface area contributed by atoms with Crippen LogP contribution in [0.15, 0.2) is 22.1 Å². The molecule has 0 radical (unpaired) electrons. The summed E-state index contributed by atoms with van der Waals surface area (Å²) in [5.74, 6) is 2.87. The first-order chi connectivity index (χ1) is 11.3.